The molecular weight excluding hydrogens is 354 g/mol. The molecule has 2 heterocycles. The molecule has 4 aromatic rings. The van der Waals surface area contributed by atoms with Crippen LogP contribution >= 0.6 is 0 Å². The average Bonchev–Trinajstić information content (AvgIpc) is 3.15. The van der Waals surface area contributed by atoms with Crippen molar-refractivity contribution in [3.63, 3.8) is 0 Å². The lowest BCUT2D eigenvalue weighted by Crippen LogP contribution is -2.24. The quantitative estimate of drug-likeness (QED) is 0.400. The molecule has 3 heteroatoms. The number of anilines is 4. The first-order valence-electron chi connectivity index (χ1n) is 9.94. The first-order chi connectivity index (χ1) is 14.2. The Kier molecular flexibility index (Phi) is 4.28. The molecule has 0 N–H and O–H groups in total. The number of fused-ring (bicyclic) bond motifs is 1. The lowest BCUT2D eigenvalue weighted by Gasteiger charge is -2.22. The van der Waals surface area contributed by atoms with E-state index in [-0.39, 0.29) is 0 Å². The topological polar surface area (TPSA) is 19.4 Å². The Morgan fingerprint density at radius 3 is 2.07 bits per heavy atom. The first kappa shape index (κ1) is 17.5. The molecular formula is C26H23N3. The van der Waals surface area contributed by atoms with Gasteiger partial charge in [0.25, 0.3) is 0 Å². The molecule has 0 amide bonds. The smallest absolute Gasteiger partial charge is 0.158 e. The molecule has 1 aliphatic rings. The fourth-order valence-electron chi connectivity index (χ4n) is 4.20. The number of aromatic nitrogens is 1. The summed E-state index contributed by atoms with van der Waals surface area (Å²) < 4.78 is 0. The van der Waals surface area contributed by atoms with Gasteiger partial charge in [0, 0.05) is 17.6 Å². The lowest BCUT2D eigenvalue weighted by molar-refractivity contribution is 0.981. The van der Waals surface area contributed by atoms with Gasteiger partial charge in [-0.2, -0.15) is 0 Å². The SMILES string of the molecule is Cc1cccc(C)c1-c1ccc(N2CN(c3ccccc3)c3cccnc32)cc1. The minimum atomic E-state index is 0.749. The second kappa shape index (κ2) is 7.10. The maximum atomic E-state index is 4.69. The summed E-state index contributed by atoms with van der Waals surface area (Å²) in [5.74, 6) is 0.996. The van der Waals surface area contributed by atoms with Crippen LogP contribution in [0.2, 0.25) is 0 Å². The summed E-state index contributed by atoms with van der Waals surface area (Å²) in [6, 6.07) is 29.9. The Morgan fingerprint density at radius 1 is 0.655 bits per heavy atom. The molecule has 0 atom stereocenters. The van der Waals surface area contributed by atoms with E-state index in [1.165, 1.54) is 27.9 Å². The van der Waals surface area contributed by atoms with E-state index in [1.807, 2.05) is 18.3 Å². The molecule has 0 bridgehead atoms. The molecule has 142 valence electrons. The number of aryl methyl sites for hydroxylation is 2. The number of benzene rings is 3. The molecule has 3 aromatic carbocycles. The predicted octanol–water partition coefficient (Wildman–Crippen LogP) is 6.61. The summed E-state index contributed by atoms with van der Waals surface area (Å²) in [4.78, 5) is 9.27. The van der Waals surface area contributed by atoms with Gasteiger partial charge in [-0.25, -0.2) is 4.98 Å². The van der Waals surface area contributed by atoms with E-state index in [2.05, 4.69) is 101 Å². The zero-order valence-corrected chi connectivity index (χ0v) is 16.7. The van der Waals surface area contributed by atoms with Crippen molar-refractivity contribution in [2.45, 2.75) is 13.8 Å². The highest BCUT2D eigenvalue weighted by Gasteiger charge is 2.28. The van der Waals surface area contributed by atoms with Crippen LogP contribution in [0.25, 0.3) is 11.1 Å². The summed E-state index contributed by atoms with van der Waals surface area (Å²) in [6.07, 6.45) is 1.87. The van der Waals surface area contributed by atoms with Crippen LogP contribution in [-0.2, 0) is 0 Å². The lowest BCUT2D eigenvalue weighted by atomic mass is 9.96. The summed E-state index contributed by atoms with van der Waals surface area (Å²) in [5.41, 5.74) is 8.66. The summed E-state index contributed by atoms with van der Waals surface area (Å²) in [5, 5.41) is 0. The van der Waals surface area contributed by atoms with Crippen LogP contribution in [0, 0.1) is 13.8 Å². The van der Waals surface area contributed by atoms with Gasteiger partial charge in [-0.3, -0.25) is 0 Å². The van der Waals surface area contributed by atoms with Crippen molar-refractivity contribution in [3.05, 3.63) is 102 Å². The van der Waals surface area contributed by atoms with Crippen molar-refractivity contribution >= 4 is 22.9 Å². The molecule has 0 saturated carbocycles. The summed E-state index contributed by atoms with van der Waals surface area (Å²) >= 11 is 0. The van der Waals surface area contributed by atoms with Gasteiger partial charge in [0.1, 0.15) is 6.67 Å². The van der Waals surface area contributed by atoms with Gasteiger partial charge in [0.05, 0.1) is 5.69 Å². The third-order valence-electron chi connectivity index (χ3n) is 5.61. The highest BCUT2D eigenvalue weighted by Crippen LogP contribution is 2.42. The van der Waals surface area contributed by atoms with E-state index in [9.17, 15) is 0 Å². The summed E-state index contributed by atoms with van der Waals surface area (Å²) in [7, 11) is 0. The van der Waals surface area contributed by atoms with E-state index < -0.39 is 0 Å². The second-order valence-electron chi connectivity index (χ2n) is 7.49. The molecule has 1 aliphatic heterocycles. The Balaban J connectivity index is 1.52. The molecule has 0 fully saturated rings. The van der Waals surface area contributed by atoms with Gasteiger partial charge in [0.2, 0.25) is 0 Å². The Morgan fingerprint density at radius 2 is 1.34 bits per heavy atom. The van der Waals surface area contributed by atoms with Gasteiger partial charge in [-0.15, -0.1) is 0 Å². The third-order valence-corrected chi connectivity index (χ3v) is 5.61. The minimum Gasteiger partial charge on any atom is -0.320 e. The fraction of sp³-hybridized carbons (Fsp3) is 0.115. The largest absolute Gasteiger partial charge is 0.320 e. The van der Waals surface area contributed by atoms with Crippen LogP contribution < -0.4 is 9.80 Å². The average molecular weight is 377 g/mol. The number of hydrogen-bond acceptors (Lipinski definition) is 3. The summed E-state index contributed by atoms with van der Waals surface area (Å²) in [6.45, 7) is 5.10. The number of para-hydroxylation sites is 1. The van der Waals surface area contributed by atoms with E-state index in [4.69, 9.17) is 0 Å². The van der Waals surface area contributed by atoms with Crippen molar-refractivity contribution in [2.75, 3.05) is 16.5 Å². The Hall–Kier alpha value is -3.59. The zero-order chi connectivity index (χ0) is 19.8. The predicted molar refractivity (Wildman–Crippen MR) is 121 cm³/mol. The van der Waals surface area contributed by atoms with Gasteiger partial charge in [-0.1, -0.05) is 48.5 Å². The van der Waals surface area contributed by atoms with Crippen LogP contribution in [0.15, 0.2) is 91.1 Å². The van der Waals surface area contributed by atoms with E-state index in [1.54, 1.807) is 0 Å². The van der Waals surface area contributed by atoms with Crippen LogP contribution in [-0.4, -0.2) is 11.7 Å². The Labute approximate surface area is 171 Å². The molecule has 1 aromatic heterocycles. The van der Waals surface area contributed by atoms with Crippen molar-refractivity contribution < 1.29 is 0 Å². The Bertz CT molecular complexity index is 1130. The molecule has 0 radical (unpaired) electrons. The number of pyridine rings is 1. The van der Waals surface area contributed by atoms with E-state index in [0.717, 1.165) is 23.9 Å². The van der Waals surface area contributed by atoms with Gasteiger partial charge >= 0.3 is 0 Å². The number of nitrogens with zero attached hydrogens (tertiary/aromatic N) is 3. The van der Waals surface area contributed by atoms with E-state index in [0.29, 0.717) is 0 Å². The molecule has 5 rings (SSSR count). The normalized spacial score (nSPS) is 12.9. The van der Waals surface area contributed by atoms with Crippen LogP contribution in [0.4, 0.5) is 22.9 Å². The monoisotopic (exact) mass is 377 g/mol. The molecule has 29 heavy (non-hydrogen) atoms. The molecule has 0 saturated heterocycles. The second-order valence-corrected chi connectivity index (χ2v) is 7.49. The number of rotatable bonds is 3. The van der Waals surface area contributed by atoms with Crippen LogP contribution in [0.5, 0.6) is 0 Å². The highest BCUT2D eigenvalue weighted by atomic mass is 15.4. The minimum absolute atomic E-state index is 0.749. The first-order valence-corrected chi connectivity index (χ1v) is 9.94. The maximum absolute atomic E-state index is 4.69. The van der Waals surface area contributed by atoms with Gasteiger partial charge in [0.15, 0.2) is 5.82 Å². The third kappa shape index (κ3) is 3.05. The molecule has 0 spiro atoms. The number of hydrogen-bond donors (Lipinski definition) is 0. The van der Waals surface area contributed by atoms with Crippen molar-refractivity contribution in [3.8, 4) is 11.1 Å². The van der Waals surface area contributed by atoms with Crippen LogP contribution in [0.3, 0.4) is 0 Å². The fourth-order valence-corrected chi connectivity index (χ4v) is 4.20. The molecule has 0 aliphatic carbocycles. The van der Waals surface area contributed by atoms with Crippen molar-refractivity contribution in [1.29, 1.82) is 0 Å². The van der Waals surface area contributed by atoms with Gasteiger partial charge in [-0.05, 0) is 72.5 Å². The van der Waals surface area contributed by atoms with Crippen LogP contribution in [0.1, 0.15) is 11.1 Å². The standard InChI is InChI=1S/C26H23N3/c1-19-8-6-9-20(2)25(19)21-13-15-23(16-14-21)29-18-28(22-10-4-3-5-11-22)24-12-7-17-27-26(24)29/h3-17H,18H2,1-2H3. The van der Waals surface area contributed by atoms with E-state index >= 15 is 0 Å². The van der Waals surface area contributed by atoms with Crippen molar-refractivity contribution in [1.82, 2.24) is 4.98 Å². The molecule has 0 unspecified atom stereocenters. The maximum Gasteiger partial charge on any atom is 0.158 e. The van der Waals surface area contributed by atoms with Crippen molar-refractivity contribution in [2.24, 2.45) is 0 Å². The zero-order valence-electron chi connectivity index (χ0n) is 16.7. The molecule has 3 nitrogen and oxygen atoms in total. The highest BCUT2D eigenvalue weighted by molar-refractivity contribution is 5.84. The van der Waals surface area contributed by atoms with Gasteiger partial charge < -0.3 is 9.80 Å².